The quantitative estimate of drug-likeness (QED) is 0.187. The van der Waals surface area contributed by atoms with Crippen LogP contribution in [-0.4, -0.2) is 41.4 Å². The van der Waals surface area contributed by atoms with Gasteiger partial charge in [-0.25, -0.2) is 4.79 Å². The zero-order valence-electron chi connectivity index (χ0n) is 19.7. The number of methoxy groups -OCH3 is 1. The SMILES string of the molecule is CCOC(=O)c1ccc(CN2C(=O)C(=O)/C(=C(\O)c3ccc(OC)c(Br)c3)C2c2ccccc2)cc1. The predicted molar refractivity (Wildman–Crippen MR) is 137 cm³/mol. The highest BCUT2D eigenvalue weighted by Gasteiger charge is 2.46. The van der Waals surface area contributed by atoms with Crippen LogP contribution in [0.25, 0.3) is 5.76 Å². The van der Waals surface area contributed by atoms with Crippen LogP contribution in [0.1, 0.15) is 40.0 Å². The number of ether oxygens (including phenoxy) is 2. The van der Waals surface area contributed by atoms with E-state index in [9.17, 15) is 19.5 Å². The van der Waals surface area contributed by atoms with Gasteiger partial charge in [-0.3, -0.25) is 9.59 Å². The van der Waals surface area contributed by atoms with Gasteiger partial charge >= 0.3 is 5.97 Å². The number of nitrogens with zero attached hydrogens (tertiary/aromatic N) is 1. The van der Waals surface area contributed by atoms with Gasteiger partial charge in [0.1, 0.15) is 11.5 Å². The summed E-state index contributed by atoms with van der Waals surface area (Å²) in [7, 11) is 1.53. The van der Waals surface area contributed by atoms with E-state index in [1.165, 1.54) is 12.0 Å². The molecule has 1 heterocycles. The van der Waals surface area contributed by atoms with Crippen LogP contribution >= 0.6 is 15.9 Å². The molecule has 1 unspecified atom stereocenters. The minimum atomic E-state index is -0.795. The van der Waals surface area contributed by atoms with Crippen LogP contribution < -0.4 is 4.74 Å². The van der Waals surface area contributed by atoms with Crippen LogP contribution in [0.15, 0.2) is 82.8 Å². The van der Waals surface area contributed by atoms with E-state index in [4.69, 9.17) is 9.47 Å². The van der Waals surface area contributed by atoms with Gasteiger partial charge in [-0.05, 0) is 64.3 Å². The Kier molecular flexibility index (Phi) is 7.55. The number of carbonyl (C=O) groups excluding carboxylic acids is 3. The summed E-state index contributed by atoms with van der Waals surface area (Å²) in [6.45, 7) is 2.11. The van der Waals surface area contributed by atoms with Crippen molar-refractivity contribution in [1.29, 1.82) is 0 Å². The molecule has 0 bridgehead atoms. The molecule has 1 saturated heterocycles. The average Bonchev–Trinajstić information content (AvgIpc) is 3.14. The Bertz CT molecular complexity index is 1330. The normalized spacial score (nSPS) is 16.8. The molecule has 36 heavy (non-hydrogen) atoms. The number of Topliss-reactive ketones (excluding diaryl/α,β-unsaturated/α-hetero) is 1. The van der Waals surface area contributed by atoms with E-state index in [1.54, 1.807) is 49.4 Å². The van der Waals surface area contributed by atoms with Crippen molar-refractivity contribution in [1.82, 2.24) is 4.90 Å². The van der Waals surface area contributed by atoms with Gasteiger partial charge < -0.3 is 19.5 Å². The number of amides is 1. The zero-order chi connectivity index (χ0) is 25.8. The Labute approximate surface area is 217 Å². The number of halogens is 1. The summed E-state index contributed by atoms with van der Waals surface area (Å²) in [6, 6.07) is 19.9. The fraction of sp³-hybridized carbons (Fsp3) is 0.179. The van der Waals surface area contributed by atoms with Crippen molar-refractivity contribution < 1.29 is 29.0 Å². The number of hydrogen-bond acceptors (Lipinski definition) is 6. The molecule has 3 aromatic carbocycles. The van der Waals surface area contributed by atoms with Crippen molar-refractivity contribution in [2.24, 2.45) is 0 Å². The van der Waals surface area contributed by atoms with Crippen LogP contribution in [0.4, 0.5) is 0 Å². The van der Waals surface area contributed by atoms with Gasteiger partial charge in [-0.15, -0.1) is 0 Å². The smallest absolute Gasteiger partial charge is 0.338 e. The monoisotopic (exact) mass is 549 g/mol. The molecule has 0 saturated carbocycles. The fourth-order valence-corrected chi connectivity index (χ4v) is 4.69. The number of likely N-dealkylation sites (tertiary alicyclic amines) is 1. The van der Waals surface area contributed by atoms with Crippen LogP contribution in [0.5, 0.6) is 5.75 Å². The van der Waals surface area contributed by atoms with Gasteiger partial charge in [0.15, 0.2) is 0 Å². The van der Waals surface area contributed by atoms with Crippen molar-refractivity contribution in [3.05, 3.63) is 105 Å². The van der Waals surface area contributed by atoms with Gasteiger partial charge in [-0.2, -0.15) is 0 Å². The molecule has 0 aliphatic carbocycles. The molecule has 8 heteroatoms. The number of benzene rings is 3. The molecule has 0 aromatic heterocycles. The number of esters is 1. The lowest BCUT2D eigenvalue weighted by Crippen LogP contribution is -2.29. The number of ketones is 1. The van der Waals surface area contributed by atoms with E-state index in [2.05, 4.69) is 15.9 Å². The van der Waals surface area contributed by atoms with E-state index in [1.807, 2.05) is 30.3 Å². The highest BCUT2D eigenvalue weighted by Crippen LogP contribution is 2.41. The molecule has 3 aromatic rings. The lowest BCUT2D eigenvalue weighted by Gasteiger charge is -2.25. The number of aliphatic hydroxyl groups excluding tert-OH is 1. The Morgan fingerprint density at radius 2 is 1.67 bits per heavy atom. The maximum Gasteiger partial charge on any atom is 0.338 e. The zero-order valence-corrected chi connectivity index (χ0v) is 21.3. The minimum Gasteiger partial charge on any atom is -0.507 e. The summed E-state index contributed by atoms with van der Waals surface area (Å²) in [4.78, 5) is 39.8. The van der Waals surface area contributed by atoms with Crippen LogP contribution in [0, 0.1) is 0 Å². The van der Waals surface area contributed by atoms with E-state index >= 15 is 0 Å². The number of carbonyl (C=O) groups is 3. The molecule has 7 nitrogen and oxygen atoms in total. The molecule has 1 N–H and O–H groups in total. The topological polar surface area (TPSA) is 93.1 Å². The van der Waals surface area contributed by atoms with Crippen LogP contribution in [-0.2, 0) is 20.9 Å². The summed E-state index contributed by atoms with van der Waals surface area (Å²) >= 11 is 3.40. The van der Waals surface area contributed by atoms with Crippen LogP contribution in [0.3, 0.4) is 0 Å². The van der Waals surface area contributed by atoms with Gasteiger partial charge in [-0.1, -0.05) is 42.5 Å². The Balaban J connectivity index is 1.75. The number of rotatable bonds is 7. The molecular formula is C28H24BrNO6. The standard InChI is InChI=1S/C28H24BrNO6/c1-3-36-28(34)19-11-9-17(10-12-19)16-30-24(18-7-5-4-6-8-18)23(26(32)27(30)33)25(31)20-13-14-22(35-2)21(29)15-20/h4-15,24,31H,3,16H2,1-2H3/b25-23-. The van der Waals surface area contributed by atoms with Crippen molar-refractivity contribution in [2.75, 3.05) is 13.7 Å². The van der Waals surface area contributed by atoms with Gasteiger partial charge in [0.05, 0.1) is 35.4 Å². The summed E-state index contributed by atoms with van der Waals surface area (Å²) < 4.78 is 10.9. The molecule has 1 atom stereocenters. The predicted octanol–water partition coefficient (Wildman–Crippen LogP) is 5.26. The summed E-state index contributed by atoms with van der Waals surface area (Å²) in [5.41, 5.74) is 2.19. The highest BCUT2D eigenvalue weighted by atomic mass is 79.9. The van der Waals surface area contributed by atoms with Crippen molar-refractivity contribution in [3.63, 3.8) is 0 Å². The molecule has 1 aliphatic rings. The van der Waals surface area contributed by atoms with Gasteiger partial charge in [0.2, 0.25) is 0 Å². The largest absolute Gasteiger partial charge is 0.507 e. The van der Waals surface area contributed by atoms with Crippen molar-refractivity contribution in [2.45, 2.75) is 19.5 Å². The molecular weight excluding hydrogens is 526 g/mol. The lowest BCUT2D eigenvalue weighted by atomic mass is 9.95. The van der Waals surface area contributed by atoms with Crippen molar-refractivity contribution in [3.8, 4) is 5.75 Å². The van der Waals surface area contributed by atoms with E-state index in [-0.39, 0.29) is 24.5 Å². The van der Waals surface area contributed by atoms with Crippen molar-refractivity contribution >= 4 is 39.3 Å². The molecule has 0 radical (unpaired) electrons. The third kappa shape index (κ3) is 4.90. The molecule has 184 valence electrons. The van der Waals surface area contributed by atoms with E-state index < -0.39 is 23.7 Å². The van der Waals surface area contributed by atoms with Crippen LogP contribution in [0.2, 0.25) is 0 Å². The Morgan fingerprint density at radius 3 is 2.28 bits per heavy atom. The first-order chi connectivity index (χ1) is 17.3. The molecule has 1 amide bonds. The highest BCUT2D eigenvalue weighted by molar-refractivity contribution is 9.10. The molecule has 0 spiro atoms. The molecule has 4 rings (SSSR count). The second kappa shape index (κ2) is 10.8. The van der Waals surface area contributed by atoms with E-state index in [0.717, 1.165) is 5.56 Å². The first-order valence-electron chi connectivity index (χ1n) is 11.3. The van der Waals surface area contributed by atoms with Gasteiger partial charge in [0, 0.05) is 12.1 Å². The summed E-state index contributed by atoms with van der Waals surface area (Å²) in [5, 5.41) is 11.2. The Hall–Kier alpha value is -3.91. The number of hydrogen-bond donors (Lipinski definition) is 1. The van der Waals surface area contributed by atoms with Gasteiger partial charge in [0.25, 0.3) is 11.7 Å². The average molecular weight is 550 g/mol. The molecule has 1 aliphatic heterocycles. The third-order valence-electron chi connectivity index (χ3n) is 5.90. The maximum atomic E-state index is 13.2. The number of aliphatic hydroxyl groups is 1. The first kappa shape index (κ1) is 25.2. The van der Waals surface area contributed by atoms with E-state index in [0.29, 0.717) is 26.9 Å². The second-order valence-corrected chi connectivity index (χ2v) is 8.96. The minimum absolute atomic E-state index is 0.00594. The fourth-order valence-electron chi connectivity index (χ4n) is 4.15. The first-order valence-corrected chi connectivity index (χ1v) is 12.1. The Morgan fingerprint density at radius 1 is 1.00 bits per heavy atom. The summed E-state index contributed by atoms with van der Waals surface area (Å²) in [6.07, 6.45) is 0. The maximum absolute atomic E-state index is 13.2. The molecule has 1 fully saturated rings. The summed E-state index contributed by atoms with van der Waals surface area (Å²) in [5.74, 6) is -1.62. The third-order valence-corrected chi connectivity index (χ3v) is 6.52. The lowest BCUT2D eigenvalue weighted by molar-refractivity contribution is -0.140. The second-order valence-electron chi connectivity index (χ2n) is 8.10.